The second-order valence-electron chi connectivity index (χ2n) is 6.91. The summed E-state index contributed by atoms with van der Waals surface area (Å²) in [5.41, 5.74) is 0. The first-order valence-electron chi connectivity index (χ1n) is 8.38. The third-order valence-electron chi connectivity index (χ3n) is 5.45. The SMILES string of the molecule is CCC1COC(C)CN1CC1CC2CCCCC2N1. The minimum absolute atomic E-state index is 0.409. The van der Waals surface area contributed by atoms with E-state index in [4.69, 9.17) is 4.74 Å². The molecule has 0 aromatic heterocycles. The van der Waals surface area contributed by atoms with E-state index in [1.54, 1.807) is 0 Å². The molecule has 5 atom stereocenters. The van der Waals surface area contributed by atoms with Crippen LogP contribution in [0.4, 0.5) is 0 Å². The molecule has 3 rings (SSSR count). The zero-order chi connectivity index (χ0) is 13.2. The topological polar surface area (TPSA) is 24.5 Å². The number of rotatable bonds is 3. The smallest absolute Gasteiger partial charge is 0.0674 e. The zero-order valence-electron chi connectivity index (χ0n) is 12.6. The van der Waals surface area contributed by atoms with Gasteiger partial charge in [-0.1, -0.05) is 19.8 Å². The van der Waals surface area contributed by atoms with E-state index >= 15 is 0 Å². The van der Waals surface area contributed by atoms with Crippen LogP contribution < -0.4 is 5.32 Å². The molecule has 0 amide bonds. The summed E-state index contributed by atoms with van der Waals surface area (Å²) in [7, 11) is 0. The largest absolute Gasteiger partial charge is 0.376 e. The molecule has 1 aliphatic carbocycles. The van der Waals surface area contributed by atoms with Gasteiger partial charge in [0.05, 0.1) is 12.7 Å². The van der Waals surface area contributed by atoms with E-state index in [-0.39, 0.29) is 0 Å². The van der Waals surface area contributed by atoms with Crippen molar-refractivity contribution in [3.63, 3.8) is 0 Å². The van der Waals surface area contributed by atoms with E-state index in [1.165, 1.54) is 45.1 Å². The summed E-state index contributed by atoms with van der Waals surface area (Å²) in [6.07, 6.45) is 8.81. The van der Waals surface area contributed by atoms with Gasteiger partial charge in [-0.2, -0.15) is 0 Å². The molecule has 0 aromatic rings. The molecule has 3 heteroatoms. The number of fused-ring (bicyclic) bond motifs is 1. The molecule has 2 heterocycles. The fraction of sp³-hybridized carbons (Fsp3) is 1.00. The van der Waals surface area contributed by atoms with Crippen LogP contribution >= 0.6 is 0 Å². The number of ether oxygens (including phenoxy) is 1. The molecular formula is C16H30N2O. The Kier molecular flexibility index (Phi) is 4.45. The lowest BCUT2D eigenvalue weighted by atomic mass is 9.85. The number of hydrogen-bond donors (Lipinski definition) is 1. The van der Waals surface area contributed by atoms with Crippen molar-refractivity contribution in [3.05, 3.63) is 0 Å². The molecule has 0 radical (unpaired) electrons. The van der Waals surface area contributed by atoms with E-state index in [9.17, 15) is 0 Å². The van der Waals surface area contributed by atoms with Gasteiger partial charge in [0.1, 0.15) is 0 Å². The summed E-state index contributed by atoms with van der Waals surface area (Å²) >= 11 is 0. The van der Waals surface area contributed by atoms with Gasteiger partial charge in [0.2, 0.25) is 0 Å². The maximum absolute atomic E-state index is 5.81. The van der Waals surface area contributed by atoms with E-state index in [2.05, 4.69) is 24.1 Å². The van der Waals surface area contributed by atoms with Crippen LogP contribution in [0.15, 0.2) is 0 Å². The highest BCUT2D eigenvalue weighted by molar-refractivity contribution is 4.95. The molecule has 0 spiro atoms. The van der Waals surface area contributed by atoms with Gasteiger partial charge in [-0.15, -0.1) is 0 Å². The van der Waals surface area contributed by atoms with Gasteiger partial charge in [0.15, 0.2) is 0 Å². The van der Waals surface area contributed by atoms with Crippen molar-refractivity contribution in [3.8, 4) is 0 Å². The van der Waals surface area contributed by atoms with Crippen molar-refractivity contribution in [2.45, 2.75) is 76.6 Å². The third kappa shape index (κ3) is 3.14. The Morgan fingerprint density at radius 3 is 2.89 bits per heavy atom. The molecule has 1 N–H and O–H groups in total. The van der Waals surface area contributed by atoms with Crippen LogP contribution in [0.5, 0.6) is 0 Å². The van der Waals surface area contributed by atoms with Gasteiger partial charge in [0.25, 0.3) is 0 Å². The Bertz CT molecular complexity index is 282. The Morgan fingerprint density at radius 2 is 2.11 bits per heavy atom. The number of nitrogens with zero attached hydrogens (tertiary/aromatic N) is 1. The second kappa shape index (κ2) is 6.11. The summed E-state index contributed by atoms with van der Waals surface area (Å²) in [4.78, 5) is 2.68. The first-order valence-corrected chi connectivity index (χ1v) is 8.38. The number of nitrogens with one attached hydrogen (secondary N) is 1. The first-order chi connectivity index (χ1) is 9.26. The third-order valence-corrected chi connectivity index (χ3v) is 5.45. The lowest BCUT2D eigenvalue weighted by Crippen LogP contribution is -2.52. The van der Waals surface area contributed by atoms with Crippen LogP contribution in [0, 0.1) is 5.92 Å². The predicted octanol–water partition coefficient (Wildman–Crippen LogP) is 2.41. The monoisotopic (exact) mass is 266 g/mol. The van der Waals surface area contributed by atoms with E-state index in [0.29, 0.717) is 12.1 Å². The zero-order valence-corrected chi connectivity index (χ0v) is 12.6. The molecule has 0 aromatic carbocycles. The number of hydrogen-bond acceptors (Lipinski definition) is 3. The summed E-state index contributed by atoms with van der Waals surface area (Å²) in [5, 5.41) is 3.92. The maximum atomic E-state index is 5.81. The van der Waals surface area contributed by atoms with Crippen LogP contribution in [0.1, 0.15) is 52.4 Å². The van der Waals surface area contributed by atoms with Gasteiger partial charge in [0, 0.05) is 31.2 Å². The molecule has 3 aliphatic rings. The van der Waals surface area contributed by atoms with Crippen molar-refractivity contribution in [2.75, 3.05) is 19.7 Å². The minimum Gasteiger partial charge on any atom is -0.376 e. The van der Waals surface area contributed by atoms with Crippen LogP contribution in [0.25, 0.3) is 0 Å². The average Bonchev–Trinajstić information content (AvgIpc) is 2.81. The summed E-state index contributed by atoms with van der Waals surface area (Å²) < 4.78 is 5.81. The lowest BCUT2D eigenvalue weighted by molar-refractivity contribution is -0.0580. The van der Waals surface area contributed by atoms with Crippen LogP contribution in [-0.4, -0.2) is 48.8 Å². The normalized spacial score (nSPS) is 44.2. The van der Waals surface area contributed by atoms with Crippen molar-refractivity contribution in [1.82, 2.24) is 10.2 Å². The van der Waals surface area contributed by atoms with Crippen molar-refractivity contribution >= 4 is 0 Å². The molecule has 5 unspecified atom stereocenters. The highest BCUT2D eigenvalue weighted by Gasteiger charge is 2.37. The summed E-state index contributed by atoms with van der Waals surface area (Å²) in [6.45, 7) is 7.78. The molecule has 0 bridgehead atoms. The molecule has 110 valence electrons. The highest BCUT2D eigenvalue weighted by Crippen LogP contribution is 2.33. The highest BCUT2D eigenvalue weighted by atomic mass is 16.5. The molecule has 3 fully saturated rings. The van der Waals surface area contributed by atoms with Crippen LogP contribution in [0.2, 0.25) is 0 Å². The molecule has 1 saturated carbocycles. The number of morpholine rings is 1. The second-order valence-corrected chi connectivity index (χ2v) is 6.91. The maximum Gasteiger partial charge on any atom is 0.0674 e. The van der Waals surface area contributed by atoms with Gasteiger partial charge < -0.3 is 10.1 Å². The molecular weight excluding hydrogens is 236 g/mol. The fourth-order valence-corrected chi connectivity index (χ4v) is 4.37. The molecule has 2 saturated heterocycles. The standard InChI is InChI=1S/C16H30N2O/c1-3-15-11-19-12(2)9-18(15)10-14-8-13-6-4-5-7-16(13)17-14/h12-17H,3-11H2,1-2H3. The van der Waals surface area contributed by atoms with Crippen molar-refractivity contribution in [2.24, 2.45) is 5.92 Å². The fourth-order valence-electron chi connectivity index (χ4n) is 4.37. The van der Waals surface area contributed by atoms with E-state index < -0.39 is 0 Å². The Hall–Kier alpha value is -0.120. The quantitative estimate of drug-likeness (QED) is 0.849. The lowest BCUT2D eigenvalue weighted by Gasteiger charge is -2.39. The van der Waals surface area contributed by atoms with Gasteiger partial charge >= 0.3 is 0 Å². The van der Waals surface area contributed by atoms with Crippen LogP contribution in [-0.2, 0) is 4.74 Å². The van der Waals surface area contributed by atoms with E-state index in [1.807, 2.05) is 0 Å². The van der Waals surface area contributed by atoms with Crippen molar-refractivity contribution < 1.29 is 4.74 Å². The molecule has 3 nitrogen and oxygen atoms in total. The summed E-state index contributed by atoms with van der Waals surface area (Å²) in [6, 6.07) is 2.20. The van der Waals surface area contributed by atoms with Crippen LogP contribution in [0.3, 0.4) is 0 Å². The van der Waals surface area contributed by atoms with Gasteiger partial charge in [-0.05, 0) is 38.5 Å². The van der Waals surface area contributed by atoms with Gasteiger partial charge in [-0.3, -0.25) is 4.90 Å². The van der Waals surface area contributed by atoms with Crippen molar-refractivity contribution in [1.29, 1.82) is 0 Å². The first kappa shape index (κ1) is 13.8. The summed E-state index contributed by atoms with van der Waals surface area (Å²) in [5.74, 6) is 0.970. The molecule has 19 heavy (non-hydrogen) atoms. The van der Waals surface area contributed by atoms with Gasteiger partial charge in [-0.25, -0.2) is 0 Å². The Labute approximate surface area is 118 Å². The van der Waals surface area contributed by atoms with E-state index in [0.717, 1.165) is 31.2 Å². The Morgan fingerprint density at radius 1 is 1.26 bits per heavy atom. The minimum atomic E-state index is 0.409. The Balaban J connectivity index is 1.55. The average molecular weight is 266 g/mol. The predicted molar refractivity (Wildman–Crippen MR) is 78.4 cm³/mol. The molecule has 2 aliphatic heterocycles.